The summed E-state index contributed by atoms with van der Waals surface area (Å²) in [5.74, 6) is -0.139. The highest BCUT2D eigenvalue weighted by molar-refractivity contribution is 9.10. The van der Waals surface area contributed by atoms with Gasteiger partial charge in [0, 0.05) is 39.6 Å². The summed E-state index contributed by atoms with van der Waals surface area (Å²) >= 11 is 3.61. The van der Waals surface area contributed by atoms with Gasteiger partial charge in [0.2, 0.25) is 0 Å². The van der Waals surface area contributed by atoms with Crippen molar-refractivity contribution in [3.63, 3.8) is 0 Å². The molecule has 0 bridgehead atoms. The third-order valence-corrected chi connectivity index (χ3v) is 8.73. The Morgan fingerprint density at radius 3 is 2.34 bits per heavy atom. The number of unbranched alkanes of at least 4 members (excludes halogenated alkanes) is 1. The highest BCUT2D eigenvalue weighted by atomic mass is 79.9. The van der Waals surface area contributed by atoms with Gasteiger partial charge in [-0.05, 0) is 91.3 Å². The lowest BCUT2D eigenvalue weighted by Crippen LogP contribution is -2.04. The van der Waals surface area contributed by atoms with Gasteiger partial charge in [0.15, 0.2) is 5.78 Å². The Morgan fingerprint density at radius 2 is 1.59 bits per heavy atom. The van der Waals surface area contributed by atoms with Gasteiger partial charge >= 0.3 is 5.97 Å². The Labute approximate surface area is 250 Å². The van der Waals surface area contributed by atoms with Gasteiger partial charge in [0.25, 0.3) is 0 Å². The first-order valence-electron chi connectivity index (χ1n) is 14.0. The summed E-state index contributed by atoms with van der Waals surface area (Å²) in [6, 6.07) is 30.2. The number of esters is 1. The molecule has 0 radical (unpaired) electrons. The van der Waals surface area contributed by atoms with Crippen LogP contribution < -0.4 is 0 Å². The van der Waals surface area contributed by atoms with E-state index in [0.29, 0.717) is 12.0 Å². The molecule has 0 saturated heterocycles. The van der Waals surface area contributed by atoms with Gasteiger partial charge in [0.1, 0.15) is 0 Å². The second-order valence-corrected chi connectivity index (χ2v) is 11.3. The number of carbonyl (C=O) groups excluding carboxylic acids is 2. The Balaban J connectivity index is 1.29. The maximum absolute atomic E-state index is 13.0. The van der Waals surface area contributed by atoms with Crippen molar-refractivity contribution < 1.29 is 14.3 Å². The molecular formula is C36H34BrNO3. The van der Waals surface area contributed by atoms with Gasteiger partial charge in [-0.2, -0.15) is 0 Å². The molecule has 0 aliphatic rings. The molecule has 5 rings (SSSR count). The summed E-state index contributed by atoms with van der Waals surface area (Å²) in [5, 5.41) is 1.13. The fourth-order valence-corrected chi connectivity index (χ4v) is 5.95. The number of halogens is 1. The van der Waals surface area contributed by atoms with E-state index in [9.17, 15) is 9.59 Å². The minimum absolute atomic E-state index is 0.201. The SMILES string of the molecule is COC(=O)c1ccccc1-c1ccc(Cn2c(C)c(C)c3cc(C(=O)CCCCc4ccccc4Br)ccc32)cc1. The average molecular weight is 609 g/mol. The van der Waals surface area contributed by atoms with Crippen molar-refractivity contribution in [3.05, 3.63) is 129 Å². The number of hydrogen-bond donors (Lipinski definition) is 0. The van der Waals surface area contributed by atoms with Crippen molar-refractivity contribution in [2.45, 2.75) is 46.1 Å². The monoisotopic (exact) mass is 607 g/mol. The smallest absolute Gasteiger partial charge is 0.338 e. The molecule has 4 aromatic carbocycles. The molecule has 1 heterocycles. The number of ketones is 1. The largest absolute Gasteiger partial charge is 0.465 e. The molecule has 208 valence electrons. The van der Waals surface area contributed by atoms with Gasteiger partial charge in [-0.3, -0.25) is 4.79 Å². The number of hydrogen-bond acceptors (Lipinski definition) is 3. The number of nitrogens with zero attached hydrogens (tertiary/aromatic N) is 1. The van der Waals surface area contributed by atoms with Crippen LogP contribution in [0.25, 0.3) is 22.0 Å². The second kappa shape index (κ2) is 12.7. The van der Waals surface area contributed by atoms with Gasteiger partial charge < -0.3 is 9.30 Å². The van der Waals surface area contributed by atoms with Crippen molar-refractivity contribution in [1.82, 2.24) is 4.57 Å². The molecule has 0 atom stereocenters. The third kappa shape index (κ3) is 6.20. The van der Waals surface area contributed by atoms with Crippen molar-refractivity contribution in [2.24, 2.45) is 0 Å². The van der Waals surface area contributed by atoms with Crippen molar-refractivity contribution >= 4 is 38.6 Å². The zero-order valence-corrected chi connectivity index (χ0v) is 25.3. The normalized spacial score (nSPS) is 11.1. The molecule has 0 amide bonds. The molecule has 0 spiro atoms. The number of benzene rings is 4. The number of Topliss-reactive ketones (excluding diaryl/α,β-unsaturated/α-hetero) is 1. The third-order valence-electron chi connectivity index (χ3n) is 7.96. The van der Waals surface area contributed by atoms with E-state index in [-0.39, 0.29) is 11.8 Å². The Hall–Kier alpha value is -3.96. The number of fused-ring (bicyclic) bond motifs is 1. The van der Waals surface area contributed by atoms with Crippen LogP contribution in [0.5, 0.6) is 0 Å². The van der Waals surface area contributed by atoms with Crippen LogP contribution in [0.2, 0.25) is 0 Å². The predicted molar refractivity (Wildman–Crippen MR) is 170 cm³/mol. The fourth-order valence-electron chi connectivity index (χ4n) is 5.47. The van der Waals surface area contributed by atoms with E-state index in [4.69, 9.17) is 4.74 Å². The standard InChI is InChI=1S/C36H34BrNO3/c1-24-25(2)38(23-26-16-18-27(19-17-26)30-12-6-7-13-31(30)36(40)41-3)34-21-20-29(22-32(24)34)35(39)15-9-5-11-28-10-4-8-14-33(28)37/h4,6-8,10,12-14,16-22H,5,9,11,15,23H2,1-3H3. The Morgan fingerprint density at radius 1 is 0.854 bits per heavy atom. The molecule has 4 nitrogen and oxygen atoms in total. The summed E-state index contributed by atoms with van der Waals surface area (Å²) in [7, 11) is 1.40. The van der Waals surface area contributed by atoms with Gasteiger partial charge in [-0.15, -0.1) is 0 Å². The summed E-state index contributed by atoms with van der Waals surface area (Å²) in [4.78, 5) is 25.3. The fraction of sp³-hybridized carbons (Fsp3) is 0.222. The maximum Gasteiger partial charge on any atom is 0.338 e. The molecule has 0 aliphatic heterocycles. The Bertz CT molecular complexity index is 1720. The lowest BCUT2D eigenvalue weighted by atomic mass is 9.98. The van der Waals surface area contributed by atoms with E-state index in [2.05, 4.69) is 88.9 Å². The first-order chi connectivity index (χ1) is 19.9. The van der Waals surface area contributed by atoms with Crippen LogP contribution >= 0.6 is 15.9 Å². The van der Waals surface area contributed by atoms with Crippen LogP contribution in [0.4, 0.5) is 0 Å². The van der Waals surface area contributed by atoms with Crippen LogP contribution in [0.15, 0.2) is 95.5 Å². The molecule has 0 fully saturated rings. The van der Waals surface area contributed by atoms with Crippen LogP contribution in [0.1, 0.15) is 62.4 Å². The number of ether oxygens (including phenoxy) is 1. The molecule has 0 aliphatic carbocycles. The van der Waals surface area contributed by atoms with E-state index >= 15 is 0 Å². The summed E-state index contributed by atoms with van der Waals surface area (Å²) < 4.78 is 8.41. The average Bonchev–Trinajstić information content (AvgIpc) is 3.24. The van der Waals surface area contributed by atoms with E-state index in [1.54, 1.807) is 6.07 Å². The first-order valence-corrected chi connectivity index (χ1v) is 14.8. The van der Waals surface area contributed by atoms with E-state index in [1.165, 1.54) is 23.9 Å². The summed E-state index contributed by atoms with van der Waals surface area (Å²) in [6.07, 6.45) is 3.38. The first kappa shape index (κ1) is 28.6. The van der Waals surface area contributed by atoms with E-state index in [0.717, 1.165) is 63.4 Å². The lowest BCUT2D eigenvalue weighted by molar-refractivity contribution is 0.0601. The van der Waals surface area contributed by atoms with Crippen LogP contribution in [-0.4, -0.2) is 23.4 Å². The number of carbonyl (C=O) groups is 2. The van der Waals surface area contributed by atoms with Crippen LogP contribution in [-0.2, 0) is 17.7 Å². The lowest BCUT2D eigenvalue weighted by Gasteiger charge is -2.11. The van der Waals surface area contributed by atoms with E-state index in [1.807, 2.05) is 30.3 Å². The van der Waals surface area contributed by atoms with Crippen molar-refractivity contribution in [3.8, 4) is 11.1 Å². The highest BCUT2D eigenvalue weighted by Gasteiger charge is 2.16. The maximum atomic E-state index is 13.0. The molecule has 5 aromatic rings. The minimum Gasteiger partial charge on any atom is -0.465 e. The molecule has 0 N–H and O–H groups in total. The van der Waals surface area contributed by atoms with Gasteiger partial charge in [0.05, 0.1) is 12.7 Å². The number of aryl methyl sites for hydroxylation is 2. The quantitative estimate of drug-likeness (QED) is 0.0903. The summed E-state index contributed by atoms with van der Waals surface area (Å²) in [6.45, 7) is 4.99. The van der Waals surface area contributed by atoms with Crippen LogP contribution in [0.3, 0.4) is 0 Å². The van der Waals surface area contributed by atoms with Gasteiger partial charge in [-0.1, -0.05) is 76.6 Å². The molecule has 41 heavy (non-hydrogen) atoms. The topological polar surface area (TPSA) is 48.3 Å². The molecule has 0 saturated carbocycles. The number of methoxy groups -OCH3 is 1. The van der Waals surface area contributed by atoms with E-state index < -0.39 is 0 Å². The van der Waals surface area contributed by atoms with Crippen molar-refractivity contribution in [2.75, 3.05) is 7.11 Å². The molecular weight excluding hydrogens is 574 g/mol. The second-order valence-electron chi connectivity index (χ2n) is 10.5. The predicted octanol–water partition coefficient (Wildman–Crippen LogP) is 9.12. The zero-order chi connectivity index (χ0) is 28.9. The number of aromatic nitrogens is 1. The van der Waals surface area contributed by atoms with Gasteiger partial charge in [-0.25, -0.2) is 4.79 Å². The Kier molecular flexibility index (Phi) is 8.84. The van der Waals surface area contributed by atoms with Crippen LogP contribution in [0, 0.1) is 13.8 Å². The minimum atomic E-state index is -0.340. The molecule has 1 aromatic heterocycles. The number of rotatable bonds is 10. The molecule has 0 unspecified atom stereocenters. The highest BCUT2D eigenvalue weighted by Crippen LogP contribution is 2.29. The van der Waals surface area contributed by atoms with Crippen molar-refractivity contribution in [1.29, 1.82) is 0 Å². The molecule has 5 heteroatoms. The summed E-state index contributed by atoms with van der Waals surface area (Å²) in [5.41, 5.74) is 9.14. The zero-order valence-electron chi connectivity index (χ0n) is 23.7.